The number of anilines is 1. The van der Waals surface area contributed by atoms with Gasteiger partial charge in [-0.3, -0.25) is 0 Å². The number of benzene rings is 1. The van der Waals surface area contributed by atoms with Crippen molar-refractivity contribution in [2.75, 3.05) is 12.4 Å². The summed E-state index contributed by atoms with van der Waals surface area (Å²) in [5.74, 6) is 0.843. The van der Waals surface area contributed by atoms with Gasteiger partial charge in [-0.15, -0.1) is 37.9 Å². The summed E-state index contributed by atoms with van der Waals surface area (Å²) >= 11 is 12.8. The lowest BCUT2D eigenvalue weighted by Crippen LogP contribution is -2.13. The molecule has 0 spiro atoms. The fraction of sp³-hybridized carbons (Fsp3) is 0.143. The summed E-state index contributed by atoms with van der Waals surface area (Å²) in [7, 11) is 1.85. The molecule has 0 saturated carbocycles. The lowest BCUT2D eigenvalue weighted by atomic mass is 10.1. The largest absolute Gasteiger partial charge is 0.373 e. The maximum Gasteiger partial charge on any atom is 0.192 e. The van der Waals surface area contributed by atoms with E-state index in [1.54, 1.807) is 10.9 Å². The van der Waals surface area contributed by atoms with E-state index in [1.165, 1.54) is 0 Å². The van der Waals surface area contributed by atoms with Crippen LogP contribution in [0.2, 0.25) is 0 Å². The van der Waals surface area contributed by atoms with Crippen molar-refractivity contribution in [2.24, 2.45) is 0 Å². The molecule has 0 radical (unpaired) electrons. The molecule has 2 heterocycles. The first-order valence-electron chi connectivity index (χ1n) is 6.27. The van der Waals surface area contributed by atoms with Gasteiger partial charge < -0.3 is 5.32 Å². The van der Waals surface area contributed by atoms with Crippen molar-refractivity contribution >= 4 is 54.5 Å². The lowest BCUT2D eigenvalue weighted by molar-refractivity contribution is 0.710. The first-order valence-corrected chi connectivity index (χ1v) is 7.62. The Labute approximate surface area is 139 Å². The van der Waals surface area contributed by atoms with Gasteiger partial charge >= 0.3 is 0 Å². The molecular weight excluding hydrogens is 320 g/mol. The van der Waals surface area contributed by atoms with E-state index >= 15 is 0 Å². The molecule has 108 valence electrons. The van der Waals surface area contributed by atoms with Crippen LogP contribution in [-0.2, 0) is 3.54 Å². The summed E-state index contributed by atoms with van der Waals surface area (Å²) in [5.41, 5.74) is 2.06. The zero-order valence-electron chi connectivity index (χ0n) is 11.2. The molecule has 0 aliphatic rings. The van der Waals surface area contributed by atoms with Crippen molar-refractivity contribution < 1.29 is 0 Å². The number of nitrogens with one attached hydrogen (secondary N) is 1. The second-order valence-electron chi connectivity index (χ2n) is 4.66. The Morgan fingerprint density at radius 2 is 1.86 bits per heavy atom. The molecule has 3 aromatic rings. The number of thiol groups is 3. The Balaban J connectivity index is 2.06. The van der Waals surface area contributed by atoms with E-state index in [4.69, 9.17) is 0 Å². The summed E-state index contributed by atoms with van der Waals surface area (Å²) in [6, 6.07) is 8.21. The number of hydrogen-bond donors (Lipinski definition) is 4. The van der Waals surface area contributed by atoms with E-state index in [2.05, 4.69) is 59.4 Å². The second-order valence-corrected chi connectivity index (χ2v) is 7.66. The van der Waals surface area contributed by atoms with Crippen LogP contribution in [0.15, 0.2) is 42.9 Å². The van der Waals surface area contributed by atoms with Crippen molar-refractivity contribution in [3.8, 4) is 11.1 Å². The van der Waals surface area contributed by atoms with E-state index in [9.17, 15) is 0 Å². The van der Waals surface area contributed by atoms with Gasteiger partial charge in [0.1, 0.15) is 5.82 Å². The van der Waals surface area contributed by atoms with E-state index < -0.39 is 3.54 Å². The zero-order chi connectivity index (χ0) is 15.0. The summed E-state index contributed by atoms with van der Waals surface area (Å²) in [4.78, 5) is 4.31. The minimum atomic E-state index is -0.918. The number of pyridine rings is 1. The fourth-order valence-electron chi connectivity index (χ4n) is 2.09. The predicted octanol–water partition coefficient (Wildman–Crippen LogP) is 3.50. The number of fused-ring (bicyclic) bond motifs is 1. The quantitative estimate of drug-likeness (QED) is 0.438. The van der Waals surface area contributed by atoms with Gasteiger partial charge in [-0.2, -0.15) is 5.10 Å². The van der Waals surface area contributed by atoms with E-state index in [1.807, 2.05) is 37.6 Å². The highest BCUT2D eigenvalue weighted by molar-refractivity contribution is 8.15. The number of nitrogens with zero attached hydrogens (tertiary/aromatic N) is 3. The van der Waals surface area contributed by atoms with Crippen LogP contribution >= 0.6 is 37.9 Å². The minimum absolute atomic E-state index is 0.843. The van der Waals surface area contributed by atoms with Crippen molar-refractivity contribution in [3.63, 3.8) is 0 Å². The standard InChI is InChI=1S/C14H14N4S3/c1-15-13-5-11-4-9(2-3-10(11)6-16-13)12-7-17-18(8-12)14(19,20)21/h2-8,19-21H,1H3,(H,15,16). The molecule has 1 aromatic carbocycles. The Kier molecular flexibility index (Phi) is 3.81. The molecule has 2 aromatic heterocycles. The van der Waals surface area contributed by atoms with Crippen LogP contribution in [0, 0.1) is 0 Å². The van der Waals surface area contributed by atoms with Gasteiger partial charge in [-0.1, -0.05) is 12.1 Å². The third-order valence-electron chi connectivity index (χ3n) is 3.20. The van der Waals surface area contributed by atoms with Gasteiger partial charge in [0.15, 0.2) is 3.54 Å². The molecular formula is C14H14N4S3. The molecule has 0 amide bonds. The SMILES string of the molecule is CNc1cc2cc(-c3cnn(C(S)(S)S)c3)ccc2cn1. The van der Waals surface area contributed by atoms with Gasteiger partial charge in [0.25, 0.3) is 0 Å². The topological polar surface area (TPSA) is 42.7 Å². The first kappa shape index (κ1) is 14.6. The van der Waals surface area contributed by atoms with Crippen LogP contribution in [0.4, 0.5) is 5.82 Å². The van der Waals surface area contributed by atoms with Gasteiger partial charge in [-0.25, -0.2) is 9.67 Å². The predicted molar refractivity (Wildman–Crippen MR) is 97.4 cm³/mol. The van der Waals surface area contributed by atoms with Crippen LogP contribution in [0.3, 0.4) is 0 Å². The van der Waals surface area contributed by atoms with Crippen molar-refractivity contribution in [1.82, 2.24) is 14.8 Å². The van der Waals surface area contributed by atoms with E-state index in [0.29, 0.717) is 0 Å². The maximum atomic E-state index is 4.31. The van der Waals surface area contributed by atoms with Crippen LogP contribution < -0.4 is 5.32 Å². The summed E-state index contributed by atoms with van der Waals surface area (Å²) in [6.45, 7) is 0. The molecule has 0 saturated heterocycles. The molecule has 1 N–H and O–H groups in total. The first-order chi connectivity index (χ1) is 9.97. The molecule has 4 nitrogen and oxygen atoms in total. The summed E-state index contributed by atoms with van der Waals surface area (Å²) in [6.07, 6.45) is 5.50. The van der Waals surface area contributed by atoms with E-state index in [0.717, 1.165) is 27.7 Å². The molecule has 21 heavy (non-hydrogen) atoms. The van der Waals surface area contributed by atoms with Crippen molar-refractivity contribution in [2.45, 2.75) is 3.54 Å². The average Bonchev–Trinajstić information content (AvgIpc) is 2.96. The van der Waals surface area contributed by atoms with Gasteiger partial charge in [0.2, 0.25) is 0 Å². The Morgan fingerprint density at radius 1 is 1.05 bits per heavy atom. The Hall–Kier alpha value is -1.31. The monoisotopic (exact) mass is 334 g/mol. The fourth-order valence-corrected chi connectivity index (χ4v) is 2.42. The average molecular weight is 334 g/mol. The van der Waals surface area contributed by atoms with Crippen LogP contribution in [0.25, 0.3) is 21.9 Å². The highest BCUT2D eigenvalue weighted by atomic mass is 32.2. The highest BCUT2D eigenvalue weighted by Gasteiger charge is 2.17. The minimum Gasteiger partial charge on any atom is -0.373 e. The number of rotatable bonds is 3. The summed E-state index contributed by atoms with van der Waals surface area (Å²) in [5, 5.41) is 9.50. The maximum absolute atomic E-state index is 4.31. The van der Waals surface area contributed by atoms with Crippen LogP contribution in [0.1, 0.15) is 0 Å². The number of aromatic nitrogens is 3. The molecule has 3 rings (SSSR count). The number of hydrogen-bond acceptors (Lipinski definition) is 6. The molecule has 0 aliphatic carbocycles. The molecule has 0 fully saturated rings. The van der Waals surface area contributed by atoms with E-state index in [-0.39, 0.29) is 0 Å². The van der Waals surface area contributed by atoms with Crippen LogP contribution in [0.5, 0.6) is 0 Å². The van der Waals surface area contributed by atoms with Gasteiger partial charge in [-0.05, 0) is 23.1 Å². The smallest absolute Gasteiger partial charge is 0.192 e. The summed E-state index contributed by atoms with van der Waals surface area (Å²) < 4.78 is 0.672. The molecule has 0 unspecified atom stereocenters. The van der Waals surface area contributed by atoms with Crippen molar-refractivity contribution in [1.29, 1.82) is 0 Å². The molecule has 7 heteroatoms. The molecule has 0 aliphatic heterocycles. The second kappa shape index (κ2) is 5.47. The van der Waals surface area contributed by atoms with Crippen molar-refractivity contribution in [3.05, 3.63) is 42.9 Å². The molecule has 0 atom stereocenters. The normalized spacial score (nSPS) is 11.8. The zero-order valence-corrected chi connectivity index (χ0v) is 13.9. The van der Waals surface area contributed by atoms with Gasteiger partial charge in [0.05, 0.1) is 6.20 Å². The van der Waals surface area contributed by atoms with Gasteiger partial charge in [0, 0.05) is 30.4 Å². The Bertz CT molecular complexity index is 792. The third-order valence-corrected chi connectivity index (χ3v) is 3.82. The molecule has 0 bridgehead atoms. The Morgan fingerprint density at radius 3 is 2.52 bits per heavy atom. The third kappa shape index (κ3) is 3.00. The highest BCUT2D eigenvalue weighted by Crippen LogP contribution is 2.32. The lowest BCUT2D eigenvalue weighted by Gasteiger charge is -2.15. The van der Waals surface area contributed by atoms with Crippen LogP contribution in [-0.4, -0.2) is 21.8 Å².